The molecule has 9 heteroatoms. The number of alkyl halides is 3. The molecular formula is C19H18F3N5O. The molecule has 3 rings (SSSR count). The summed E-state index contributed by atoms with van der Waals surface area (Å²) in [6.07, 6.45) is -1.34. The zero-order valence-corrected chi connectivity index (χ0v) is 15.3. The number of hydrogen-bond acceptors (Lipinski definition) is 6. The number of hydrogen-bond donors (Lipinski definition) is 1. The van der Waals surface area contributed by atoms with Crippen LogP contribution in [-0.4, -0.2) is 32.7 Å². The molecule has 28 heavy (non-hydrogen) atoms. The van der Waals surface area contributed by atoms with E-state index in [1.807, 2.05) is 32.0 Å². The van der Waals surface area contributed by atoms with Crippen LogP contribution < -0.4 is 10.1 Å². The maximum Gasteiger partial charge on any atom is 0.422 e. The maximum absolute atomic E-state index is 12.3. The fourth-order valence-corrected chi connectivity index (χ4v) is 2.39. The zero-order valence-electron chi connectivity index (χ0n) is 15.3. The highest BCUT2D eigenvalue weighted by Gasteiger charge is 2.28. The monoisotopic (exact) mass is 389 g/mol. The molecule has 0 aromatic carbocycles. The van der Waals surface area contributed by atoms with E-state index in [2.05, 4.69) is 30.0 Å². The highest BCUT2D eigenvalue weighted by atomic mass is 19.4. The Hall–Kier alpha value is -3.23. The Kier molecular flexibility index (Phi) is 5.72. The van der Waals surface area contributed by atoms with Crippen LogP contribution in [0.15, 0.2) is 42.7 Å². The molecule has 1 N–H and O–H groups in total. The van der Waals surface area contributed by atoms with Gasteiger partial charge < -0.3 is 10.1 Å². The van der Waals surface area contributed by atoms with Crippen molar-refractivity contribution in [3.63, 3.8) is 0 Å². The minimum absolute atomic E-state index is 0.0820. The number of ether oxygens (including phenoxy) is 1. The summed E-state index contributed by atoms with van der Waals surface area (Å²) in [5, 5.41) is 3.20. The molecule has 3 heterocycles. The van der Waals surface area contributed by atoms with Gasteiger partial charge in [0.15, 0.2) is 12.4 Å². The minimum atomic E-state index is -4.41. The van der Waals surface area contributed by atoms with Crippen molar-refractivity contribution < 1.29 is 17.9 Å². The average Bonchev–Trinajstić information content (AvgIpc) is 2.68. The molecule has 0 aliphatic heterocycles. The van der Waals surface area contributed by atoms with Gasteiger partial charge in [0.05, 0.1) is 0 Å². The normalized spacial score (nSPS) is 11.3. The van der Waals surface area contributed by atoms with Gasteiger partial charge in [-0.3, -0.25) is 4.98 Å². The summed E-state index contributed by atoms with van der Waals surface area (Å²) < 4.78 is 41.5. The summed E-state index contributed by atoms with van der Waals surface area (Å²) in [4.78, 5) is 17.1. The molecule has 0 saturated heterocycles. The Morgan fingerprint density at radius 2 is 1.86 bits per heavy atom. The minimum Gasteiger partial charge on any atom is -0.468 e. The van der Waals surface area contributed by atoms with Crippen LogP contribution in [0.5, 0.6) is 5.88 Å². The summed E-state index contributed by atoms with van der Waals surface area (Å²) >= 11 is 0. The van der Waals surface area contributed by atoms with Gasteiger partial charge in [-0.1, -0.05) is 6.07 Å². The molecule has 146 valence electrons. The van der Waals surface area contributed by atoms with E-state index in [4.69, 9.17) is 0 Å². The van der Waals surface area contributed by atoms with Gasteiger partial charge in [0.1, 0.15) is 11.5 Å². The third-order valence-corrected chi connectivity index (χ3v) is 3.93. The van der Waals surface area contributed by atoms with Crippen LogP contribution in [0.2, 0.25) is 0 Å². The summed E-state index contributed by atoms with van der Waals surface area (Å²) in [5.74, 6) is 1.04. The van der Waals surface area contributed by atoms with Crippen molar-refractivity contribution >= 4 is 5.82 Å². The van der Waals surface area contributed by atoms with Gasteiger partial charge in [0.25, 0.3) is 0 Å². The van der Waals surface area contributed by atoms with E-state index < -0.39 is 12.8 Å². The second-order valence-corrected chi connectivity index (χ2v) is 6.08. The van der Waals surface area contributed by atoms with Crippen molar-refractivity contribution in [3.05, 3.63) is 59.5 Å². The highest BCUT2D eigenvalue weighted by Crippen LogP contribution is 2.22. The van der Waals surface area contributed by atoms with E-state index in [0.29, 0.717) is 29.4 Å². The van der Waals surface area contributed by atoms with Gasteiger partial charge >= 0.3 is 6.18 Å². The lowest BCUT2D eigenvalue weighted by Crippen LogP contribution is -2.19. The van der Waals surface area contributed by atoms with Crippen LogP contribution in [0, 0.1) is 13.8 Å². The SMILES string of the molecule is Cc1nc(-c2ccccn2)nc(NCc2ccnc(OCC(F)(F)F)c2)c1C. The Morgan fingerprint density at radius 1 is 1.04 bits per heavy atom. The van der Waals surface area contributed by atoms with Crippen LogP contribution in [0.4, 0.5) is 19.0 Å². The second kappa shape index (κ2) is 8.20. The first-order valence-corrected chi connectivity index (χ1v) is 8.47. The van der Waals surface area contributed by atoms with E-state index >= 15 is 0 Å². The number of halogens is 3. The van der Waals surface area contributed by atoms with E-state index in [-0.39, 0.29) is 5.88 Å². The molecular weight excluding hydrogens is 371 g/mol. The number of aryl methyl sites for hydroxylation is 1. The van der Waals surface area contributed by atoms with Crippen molar-refractivity contribution in [1.29, 1.82) is 0 Å². The van der Waals surface area contributed by atoms with Crippen LogP contribution in [0.25, 0.3) is 11.5 Å². The summed E-state index contributed by atoms with van der Waals surface area (Å²) in [6, 6.07) is 8.64. The average molecular weight is 389 g/mol. The maximum atomic E-state index is 12.3. The molecule has 6 nitrogen and oxygen atoms in total. The summed E-state index contributed by atoms with van der Waals surface area (Å²) in [7, 11) is 0. The molecule has 3 aromatic heterocycles. The predicted molar refractivity (Wildman–Crippen MR) is 97.9 cm³/mol. The van der Waals surface area contributed by atoms with Crippen molar-refractivity contribution in [2.45, 2.75) is 26.6 Å². The predicted octanol–water partition coefficient (Wildman–Crippen LogP) is 4.10. The van der Waals surface area contributed by atoms with E-state index in [1.54, 1.807) is 12.3 Å². The third kappa shape index (κ3) is 5.15. The highest BCUT2D eigenvalue weighted by molar-refractivity contribution is 5.56. The number of nitrogens with zero attached hydrogens (tertiary/aromatic N) is 4. The summed E-state index contributed by atoms with van der Waals surface area (Å²) in [6.45, 7) is 2.73. The Morgan fingerprint density at radius 3 is 2.57 bits per heavy atom. The molecule has 0 aliphatic carbocycles. The standard InChI is InChI=1S/C19H18F3N5O/c1-12-13(2)26-18(15-5-3-4-7-23-15)27-17(12)25-10-14-6-8-24-16(9-14)28-11-19(20,21)22/h3-9H,10-11H2,1-2H3,(H,25,26,27). The molecule has 0 aliphatic rings. The molecule has 3 aromatic rings. The Balaban J connectivity index is 1.75. The smallest absolute Gasteiger partial charge is 0.422 e. The lowest BCUT2D eigenvalue weighted by molar-refractivity contribution is -0.154. The number of rotatable bonds is 6. The zero-order chi connectivity index (χ0) is 20.1. The first-order chi connectivity index (χ1) is 13.3. The van der Waals surface area contributed by atoms with Crippen molar-refractivity contribution in [2.24, 2.45) is 0 Å². The third-order valence-electron chi connectivity index (χ3n) is 3.93. The quantitative estimate of drug-likeness (QED) is 0.684. The number of pyridine rings is 2. The fourth-order valence-electron chi connectivity index (χ4n) is 2.39. The molecule has 0 spiro atoms. The van der Waals surface area contributed by atoms with Crippen LogP contribution >= 0.6 is 0 Å². The van der Waals surface area contributed by atoms with Crippen molar-refractivity contribution in [3.8, 4) is 17.4 Å². The van der Waals surface area contributed by atoms with Crippen LogP contribution in [0.3, 0.4) is 0 Å². The van der Waals surface area contributed by atoms with Gasteiger partial charge in [-0.15, -0.1) is 0 Å². The molecule has 0 saturated carbocycles. The largest absolute Gasteiger partial charge is 0.468 e. The fraction of sp³-hybridized carbons (Fsp3) is 0.263. The molecule has 0 bridgehead atoms. The topological polar surface area (TPSA) is 72.8 Å². The Bertz CT molecular complexity index is 948. The van der Waals surface area contributed by atoms with Gasteiger partial charge in [-0.05, 0) is 37.6 Å². The van der Waals surface area contributed by atoms with Gasteiger partial charge in [0.2, 0.25) is 5.88 Å². The number of nitrogens with one attached hydrogen (secondary N) is 1. The molecule has 0 radical (unpaired) electrons. The molecule has 0 amide bonds. The second-order valence-electron chi connectivity index (χ2n) is 6.08. The van der Waals surface area contributed by atoms with Crippen molar-refractivity contribution in [1.82, 2.24) is 19.9 Å². The van der Waals surface area contributed by atoms with Crippen LogP contribution in [-0.2, 0) is 6.54 Å². The Labute approximate surface area is 159 Å². The van der Waals surface area contributed by atoms with E-state index in [1.165, 1.54) is 12.3 Å². The lowest BCUT2D eigenvalue weighted by atomic mass is 10.2. The van der Waals surface area contributed by atoms with Crippen molar-refractivity contribution in [2.75, 3.05) is 11.9 Å². The lowest BCUT2D eigenvalue weighted by Gasteiger charge is -2.13. The number of aromatic nitrogens is 4. The van der Waals surface area contributed by atoms with Crippen LogP contribution in [0.1, 0.15) is 16.8 Å². The molecule has 0 unspecified atom stereocenters. The first kappa shape index (κ1) is 19.5. The molecule has 0 atom stereocenters. The first-order valence-electron chi connectivity index (χ1n) is 8.47. The van der Waals surface area contributed by atoms with E-state index in [0.717, 1.165) is 11.3 Å². The van der Waals surface area contributed by atoms with Gasteiger partial charge in [0, 0.05) is 36.3 Å². The van der Waals surface area contributed by atoms with E-state index in [9.17, 15) is 13.2 Å². The molecule has 0 fully saturated rings. The van der Waals surface area contributed by atoms with Gasteiger partial charge in [-0.25, -0.2) is 15.0 Å². The van der Waals surface area contributed by atoms with Gasteiger partial charge in [-0.2, -0.15) is 13.2 Å². The summed E-state index contributed by atoms with van der Waals surface area (Å²) in [5.41, 5.74) is 3.05. The number of anilines is 1.